The minimum Gasteiger partial charge on any atom is -0.371 e. The molecular weight excluding hydrogens is 324 g/mol. The Morgan fingerprint density at radius 3 is 2.54 bits per heavy atom. The first kappa shape index (κ1) is 18.6. The lowest BCUT2D eigenvalue weighted by Crippen LogP contribution is -2.42. The highest BCUT2D eigenvalue weighted by Gasteiger charge is 2.21. The van der Waals surface area contributed by atoms with E-state index in [0.717, 1.165) is 42.9 Å². The average molecular weight is 352 g/mol. The molecule has 1 aliphatic rings. The largest absolute Gasteiger partial charge is 0.371 e. The summed E-state index contributed by atoms with van der Waals surface area (Å²) >= 11 is 0. The van der Waals surface area contributed by atoms with Gasteiger partial charge in [0, 0.05) is 31.7 Å². The number of nitrogens with zero attached hydrogens (tertiary/aromatic N) is 1. The standard InChI is InChI=1S/C22H28N2O2/c1-16-13-17(2)21(18(3)14-16)22(25)23-9-10-24-11-12-26-20(15-24)19-7-5-4-6-8-19/h4-8,13-14,20H,9-12,15H2,1-3H3,(H,23,25)/t20-/m1/s1. The Bertz CT molecular complexity index is 735. The van der Waals surface area contributed by atoms with E-state index < -0.39 is 0 Å². The fourth-order valence-electron chi connectivity index (χ4n) is 3.73. The summed E-state index contributed by atoms with van der Waals surface area (Å²) in [6.07, 6.45) is 0.113. The Morgan fingerprint density at radius 1 is 1.15 bits per heavy atom. The molecule has 26 heavy (non-hydrogen) atoms. The van der Waals surface area contributed by atoms with E-state index in [9.17, 15) is 4.79 Å². The third kappa shape index (κ3) is 4.51. The number of rotatable bonds is 5. The lowest BCUT2D eigenvalue weighted by Gasteiger charge is -2.33. The first-order valence-corrected chi connectivity index (χ1v) is 9.29. The molecule has 1 fully saturated rings. The molecule has 1 aliphatic heterocycles. The van der Waals surface area contributed by atoms with Crippen molar-refractivity contribution in [2.75, 3.05) is 32.8 Å². The van der Waals surface area contributed by atoms with E-state index in [1.807, 2.05) is 32.0 Å². The molecule has 1 saturated heterocycles. The highest BCUT2D eigenvalue weighted by molar-refractivity contribution is 5.97. The fourth-order valence-corrected chi connectivity index (χ4v) is 3.73. The number of ether oxygens (including phenoxy) is 1. The van der Waals surface area contributed by atoms with Crippen molar-refractivity contribution in [2.45, 2.75) is 26.9 Å². The predicted molar refractivity (Wildman–Crippen MR) is 105 cm³/mol. The summed E-state index contributed by atoms with van der Waals surface area (Å²) in [4.78, 5) is 14.9. The van der Waals surface area contributed by atoms with Crippen molar-refractivity contribution in [1.29, 1.82) is 0 Å². The highest BCUT2D eigenvalue weighted by Crippen LogP contribution is 2.21. The number of amides is 1. The number of hydrogen-bond acceptors (Lipinski definition) is 3. The topological polar surface area (TPSA) is 41.6 Å². The van der Waals surface area contributed by atoms with Crippen LogP contribution in [0.3, 0.4) is 0 Å². The Morgan fingerprint density at radius 2 is 1.85 bits per heavy atom. The third-order valence-electron chi connectivity index (χ3n) is 4.94. The summed E-state index contributed by atoms with van der Waals surface area (Å²) < 4.78 is 5.90. The van der Waals surface area contributed by atoms with Crippen LogP contribution >= 0.6 is 0 Å². The number of benzene rings is 2. The van der Waals surface area contributed by atoms with E-state index >= 15 is 0 Å². The first-order valence-electron chi connectivity index (χ1n) is 9.29. The van der Waals surface area contributed by atoms with Crippen molar-refractivity contribution >= 4 is 5.91 Å². The summed E-state index contributed by atoms with van der Waals surface area (Å²) in [5, 5.41) is 3.08. The van der Waals surface area contributed by atoms with E-state index in [1.54, 1.807) is 0 Å². The van der Waals surface area contributed by atoms with Gasteiger partial charge in [0.2, 0.25) is 0 Å². The molecule has 0 saturated carbocycles. The minimum atomic E-state index is 0.0212. The van der Waals surface area contributed by atoms with Crippen molar-refractivity contribution in [2.24, 2.45) is 0 Å². The molecule has 0 radical (unpaired) electrons. The number of carbonyl (C=O) groups excluding carboxylic acids is 1. The number of hydrogen-bond donors (Lipinski definition) is 1. The zero-order chi connectivity index (χ0) is 18.5. The van der Waals surface area contributed by atoms with Gasteiger partial charge in [0.15, 0.2) is 0 Å². The molecule has 2 aromatic carbocycles. The molecule has 0 aromatic heterocycles. The quantitative estimate of drug-likeness (QED) is 0.896. The second-order valence-electron chi connectivity index (χ2n) is 7.10. The summed E-state index contributed by atoms with van der Waals surface area (Å²) in [6.45, 7) is 10.0. The van der Waals surface area contributed by atoms with Gasteiger partial charge in [-0.1, -0.05) is 48.0 Å². The summed E-state index contributed by atoms with van der Waals surface area (Å²) in [6, 6.07) is 14.5. The zero-order valence-corrected chi connectivity index (χ0v) is 15.9. The van der Waals surface area contributed by atoms with E-state index in [-0.39, 0.29) is 12.0 Å². The van der Waals surface area contributed by atoms with Crippen LogP contribution in [0.15, 0.2) is 42.5 Å². The third-order valence-corrected chi connectivity index (χ3v) is 4.94. The average Bonchev–Trinajstić information content (AvgIpc) is 2.62. The van der Waals surface area contributed by atoms with Crippen LogP contribution < -0.4 is 5.32 Å². The lowest BCUT2D eigenvalue weighted by molar-refractivity contribution is -0.0293. The Balaban J connectivity index is 1.52. The summed E-state index contributed by atoms with van der Waals surface area (Å²) in [5.74, 6) is 0.0212. The van der Waals surface area contributed by atoms with Gasteiger partial charge in [0.25, 0.3) is 5.91 Å². The van der Waals surface area contributed by atoms with Crippen LogP contribution in [0.25, 0.3) is 0 Å². The Labute approximate surface area is 156 Å². The van der Waals surface area contributed by atoms with Crippen LogP contribution in [0, 0.1) is 20.8 Å². The number of nitrogens with one attached hydrogen (secondary N) is 1. The van der Waals surface area contributed by atoms with Crippen LogP contribution in [0.4, 0.5) is 0 Å². The normalized spacial score (nSPS) is 17.9. The molecule has 1 heterocycles. The van der Waals surface area contributed by atoms with E-state index in [1.165, 1.54) is 11.1 Å². The fraction of sp³-hybridized carbons (Fsp3) is 0.409. The van der Waals surface area contributed by atoms with E-state index in [0.29, 0.717) is 6.54 Å². The van der Waals surface area contributed by atoms with Crippen LogP contribution in [0.1, 0.15) is 38.7 Å². The molecular formula is C22H28N2O2. The lowest BCUT2D eigenvalue weighted by atomic mass is 9.99. The first-order chi connectivity index (χ1) is 12.5. The molecule has 1 amide bonds. The molecule has 3 rings (SSSR count). The van der Waals surface area contributed by atoms with Crippen LogP contribution in [0.2, 0.25) is 0 Å². The molecule has 1 N–H and O–H groups in total. The Hall–Kier alpha value is -2.17. The van der Waals surface area contributed by atoms with Gasteiger partial charge in [0.1, 0.15) is 0 Å². The summed E-state index contributed by atoms with van der Waals surface area (Å²) in [5.41, 5.74) is 5.29. The summed E-state index contributed by atoms with van der Waals surface area (Å²) in [7, 11) is 0. The monoisotopic (exact) mass is 352 g/mol. The molecule has 138 valence electrons. The van der Waals surface area contributed by atoms with E-state index in [2.05, 4.69) is 41.4 Å². The van der Waals surface area contributed by atoms with Crippen molar-refractivity contribution in [3.05, 3.63) is 70.3 Å². The van der Waals surface area contributed by atoms with Crippen LogP contribution in [0.5, 0.6) is 0 Å². The molecule has 0 aliphatic carbocycles. The second-order valence-corrected chi connectivity index (χ2v) is 7.10. The molecule has 0 bridgehead atoms. The van der Waals surface area contributed by atoms with Crippen molar-refractivity contribution in [1.82, 2.24) is 10.2 Å². The van der Waals surface area contributed by atoms with Gasteiger partial charge >= 0.3 is 0 Å². The highest BCUT2D eigenvalue weighted by atomic mass is 16.5. The van der Waals surface area contributed by atoms with Crippen LogP contribution in [-0.4, -0.2) is 43.6 Å². The number of carbonyl (C=O) groups is 1. The molecule has 0 spiro atoms. The van der Waals surface area contributed by atoms with Gasteiger partial charge in [-0.05, 0) is 37.5 Å². The molecule has 2 aromatic rings. The molecule has 4 heteroatoms. The van der Waals surface area contributed by atoms with Gasteiger partial charge in [0.05, 0.1) is 12.7 Å². The number of morpholine rings is 1. The molecule has 1 atom stereocenters. The molecule has 4 nitrogen and oxygen atoms in total. The van der Waals surface area contributed by atoms with Crippen molar-refractivity contribution < 1.29 is 9.53 Å². The smallest absolute Gasteiger partial charge is 0.251 e. The Kier molecular flexibility index (Phi) is 6.07. The minimum absolute atomic E-state index is 0.0212. The van der Waals surface area contributed by atoms with Crippen LogP contribution in [-0.2, 0) is 4.74 Å². The van der Waals surface area contributed by atoms with Crippen molar-refractivity contribution in [3.63, 3.8) is 0 Å². The zero-order valence-electron chi connectivity index (χ0n) is 15.9. The SMILES string of the molecule is Cc1cc(C)c(C(=O)NCCN2CCO[C@@H](c3ccccc3)C2)c(C)c1. The maximum absolute atomic E-state index is 12.6. The maximum atomic E-state index is 12.6. The second kappa shape index (κ2) is 8.47. The van der Waals surface area contributed by atoms with Gasteiger partial charge < -0.3 is 10.1 Å². The number of aryl methyl sites for hydroxylation is 3. The maximum Gasteiger partial charge on any atom is 0.251 e. The van der Waals surface area contributed by atoms with Crippen molar-refractivity contribution in [3.8, 4) is 0 Å². The van der Waals surface area contributed by atoms with Gasteiger partial charge in [-0.2, -0.15) is 0 Å². The van der Waals surface area contributed by atoms with E-state index in [4.69, 9.17) is 4.74 Å². The predicted octanol–water partition coefficient (Wildman–Crippen LogP) is 3.42. The van der Waals surface area contributed by atoms with Gasteiger partial charge in [-0.25, -0.2) is 0 Å². The molecule has 0 unspecified atom stereocenters. The van der Waals surface area contributed by atoms with Gasteiger partial charge in [-0.3, -0.25) is 9.69 Å². The van der Waals surface area contributed by atoms with Gasteiger partial charge in [-0.15, -0.1) is 0 Å².